The molecule has 1 saturated heterocycles. The van der Waals surface area contributed by atoms with Crippen LogP contribution < -0.4 is 20.1 Å². The molecule has 2 N–H and O–H groups in total. The van der Waals surface area contributed by atoms with E-state index in [1.54, 1.807) is 6.07 Å². The van der Waals surface area contributed by atoms with E-state index >= 15 is 4.39 Å². The van der Waals surface area contributed by atoms with Crippen molar-refractivity contribution < 1.29 is 37.4 Å². The lowest BCUT2D eigenvalue weighted by Crippen LogP contribution is -2.54. The summed E-state index contributed by atoms with van der Waals surface area (Å²) in [5, 5.41) is 5.15. The van der Waals surface area contributed by atoms with Gasteiger partial charge >= 0.3 is 0 Å². The summed E-state index contributed by atoms with van der Waals surface area (Å²) in [6, 6.07) is 7.04. The van der Waals surface area contributed by atoms with Gasteiger partial charge in [-0.3, -0.25) is 29.4 Å². The Morgan fingerprint density at radius 1 is 1.05 bits per heavy atom. The molecular weight excluding hydrogens is 623 g/mol. The fraction of sp³-hybridized carbons (Fsp3) is 0.172. The number of nitrogens with one attached hydrogen (secondary N) is 2. The predicted octanol–water partition coefficient (Wildman–Crippen LogP) is 4.95. The van der Waals surface area contributed by atoms with E-state index in [2.05, 4.69) is 20.6 Å². The Bertz CT molecular complexity index is 1920. The minimum atomic E-state index is -1.23. The second kappa shape index (κ2) is 11.3. The Labute approximate surface area is 257 Å². The van der Waals surface area contributed by atoms with Gasteiger partial charge in [-0.05, 0) is 42.3 Å². The number of hydrogen-bond acceptors (Lipinski definition) is 9. The molecule has 2 aliphatic rings. The van der Waals surface area contributed by atoms with Crippen LogP contribution >= 0.6 is 23.2 Å². The number of hydrogen-bond donors (Lipinski definition) is 2. The molecule has 224 valence electrons. The van der Waals surface area contributed by atoms with Crippen LogP contribution in [0.3, 0.4) is 0 Å². The summed E-state index contributed by atoms with van der Waals surface area (Å²) < 4.78 is 41.3. The third-order valence-electron chi connectivity index (χ3n) is 7.16. The monoisotopic (exact) mass is 641 g/mol. The van der Waals surface area contributed by atoms with E-state index in [0.717, 1.165) is 6.07 Å². The van der Waals surface area contributed by atoms with Gasteiger partial charge in [-0.25, -0.2) is 18.7 Å². The molecule has 1 fully saturated rings. The van der Waals surface area contributed by atoms with Crippen molar-refractivity contribution in [1.82, 2.24) is 20.2 Å². The quantitative estimate of drug-likeness (QED) is 0.212. The molecule has 0 spiro atoms. The van der Waals surface area contributed by atoms with Gasteiger partial charge in [0.15, 0.2) is 17.3 Å². The van der Waals surface area contributed by atoms with E-state index in [9.17, 15) is 23.6 Å². The molecule has 1 aromatic heterocycles. The average molecular weight is 642 g/mol. The molecule has 6 rings (SSSR count). The highest BCUT2D eigenvalue weighted by Gasteiger charge is 2.46. The van der Waals surface area contributed by atoms with Crippen molar-refractivity contribution >= 4 is 69.2 Å². The number of aromatic nitrogens is 2. The maximum Gasteiger partial charge on any atom is 0.265 e. The molecule has 1 atom stereocenters. The van der Waals surface area contributed by atoms with E-state index in [-0.39, 0.29) is 63.6 Å². The Balaban J connectivity index is 1.28. The van der Waals surface area contributed by atoms with E-state index in [0.29, 0.717) is 15.8 Å². The van der Waals surface area contributed by atoms with Crippen molar-refractivity contribution in [3.63, 3.8) is 0 Å². The summed E-state index contributed by atoms with van der Waals surface area (Å²) in [5.41, 5.74) is -0.0538. The van der Waals surface area contributed by atoms with Gasteiger partial charge in [0.05, 0.1) is 39.5 Å². The number of rotatable bonds is 7. The van der Waals surface area contributed by atoms with Gasteiger partial charge < -0.3 is 14.8 Å². The summed E-state index contributed by atoms with van der Waals surface area (Å²) in [4.78, 5) is 59.1. The highest BCUT2D eigenvalue weighted by atomic mass is 35.5. The van der Waals surface area contributed by atoms with Crippen LogP contribution in [-0.4, -0.2) is 51.6 Å². The van der Waals surface area contributed by atoms with Crippen LogP contribution in [0.1, 0.15) is 39.1 Å². The lowest BCUT2D eigenvalue weighted by Gasteiger charge is -2.27. The SMILES string of the molecule is COc1cc2ncnc(Nc3ccc(Cl)c(Cl)c3F)c2cc1OCc1cc(F)c2c(c1)C(=O)N(C1CCC(=O)NC1=O)C2=O. The van der Waals surface area contributed by atoms with Crippen molar-refractivity contribution in [3.8, 4) is 11.5 Å². The lowest BCUT2D eigenvalue weighted by atomic mass is 10.0. The largest absolute Gasteiger partial charge is 0.493 e. The highest BCUT2D eigenvalue weighted by Crippen LogP contribution is 2.37. The first-order valence-corrected chi connectivity index (χ1v) is 13.7. The fourth-order valence-electron chi connectivity index (χ4n) is 5.03. The third-order valence-corrected chi connectivity index (χ3v) is 7.94. The van der Waals surface area contributed by atoms with Crippen molar-refractivity contribution in [2.75, 3.05) is 12.4 Å². The Morgan fingerprint density at radius 3 is 2.59 bits per heavy atom. The zero-order valence-corrected chi connectivity index (χ0v) is 24.1. The molecule has 11 nitrogen and oxygen atoms in total. The molecule has 0 aliphatic carbocycles. The summed E-state index contributed by atoms with van der Waals surface area (Å²) in [5.74, 6) is -4.23. The van der Waals surface area contributed by atoms with Gasteiger partial charge in [-0.2, -0.15) is 0 Å². The highest BCUT2D eigenvalue weighted by molar-refractivity contribution is 6.42. The van der Waals surface area contributed by atoms with Crippen LogP contribution in [0.25, 0.3) is 10.9 Å². The molecule has 3 aromatic carbocycles. The molecule has 15 heteroatoms. The first kappa shape index (κ1) is 29.2. The van der Waals surface area contributed by atoms with E-state index in [1.807, 2.05) is 0 Å². The summed E-state index contributed by atoms with van der Waals surface area (Å²) in [7, 11) is 1.41. The van der Waals surface area contributed by atoms with Crippen molar-refractivity contribution in [2.24, 2.45) is 0 Å². The summed E-state index contributed by atoms with van der Waals surface area (Å²) in [6.45, 7) is -0.260. The smallest absolute Gasteiger partial charge is 0.265 e. The van der Waals surface area contributed by atoms with Crippen LogP contribution in [0.2, 0.25) is 10.0 Å². The molecule has 4 aromatic rings. The topological polar surface area (TPSA) is 140 Å². The van der Waals surface area contributed by atoms with Gasteiger partial charge in [0.1, 0.15) is 30.6 Å². The number of carbonyl (C=O) groups is 4. The minimum absolute atomic E-state index is 0.0110. The third kappa shape index (κ3) is 5.03. The summed E-state index contributed by atoms with van der Waals surface area (Å²) >= 11 is 11.8. The predicted molar refractivity (Wildman–Crippen MR) is 153 cm³/mol. The Morgan fingerprint density at radius 2 is 1.84 bits per heavy atom. The number of imide groups is 2. The fourth-order valence-corrected chi connectivity index (χ4v) is 5.34. The van der Waals surface area contributed by atoms with Crippen molar-refractivity contribution in [2.45, 2.75) is 25.5 Å². The van der Waals surface area contributed by atoms with Crippen molar-refractivity contribution in [3.05, 3.63) is 81.1 Å². The molecule has 4 amide bonds. The number of ether oxygens (including phenoxy) is 2. The number of amides is 4. The number of nitrogens with zero attached hydrogens (tertiary/aromatic N) is 3. The van der Waals surface area contributed by atoms with Gasteiger partial charge in [0.25, 0.3) is 11.8 Å². The van der Waals surface area contributed by atoms with Crippen LogP contribution in [0.4, 0.5) is 20.3 Å². The van der Waals surface area contributed by atoms with Crippen LogP contribution in [0.5, 0.6) is 11.5 Å². The first-order valence-electron chi connectivity index (χ1n) is 13.0. The van der Waals surface area contributed by atoms with Crippen molar-refractivity contribution in [1.29, 1.82) is 0 Å². The van der Waals surface area contributed by atoms with Crippen LogP contribution in [0.15, 0.2) is 42.7 Å². The Kier molecular flexibility index (Phi) is 7.51. The average Bonchev–Trinajstić information content (AvgIpc) is 3.25. The maximum atomic E-state index is 15.2. The van der Waals surface area contributed by atoms with Gasteiger partial charge in [-0.1, -0.05) is 23.2 Å². The Hall–Kier alpha value is -4.88. The van der Waals surface area contributed by atoms with E-state index in [1.165, 1.54) is 37.7 Å². The number of halogens is 4. The minimum Gasteiger partial charge on any atom is -0.493 e. The molecule has 3 heterocycles. The number of carbonyl (C=O) groups excluding carboxylic acids is 4. The number of fused-ring (bicyclic) bond motifs is 2. The number of methoxy groups -OCH3 is 1. The number of piperidine rings is 1. The molecule has 2 aliphatic heterocycles. The maximum absolute atomic E-state index is 15.2. The first-order chi connectivity index (χ1) is 21.1. The van der Waals surface area contributed by atoms with Crippen LogP contribution in [0, 0.1) is 11.6 Å². The normalized spacial score (nSPS) is 16.3. The van der Waals surface area contributed by atoms with E-state index in [4.69, 9.17) is 32.7 Å². The second-order valence-corrected chi connectivity index (χ2v) is 10.6. The zero-order valence-electron chi connectivity index (χ0n) is 22.5. The second-order valence-electron chi connectivity index (χ2n) is 9.83. The lowest BCUT2D eigenvalue weighted by molar-refractivity contribution is -0.136. The molecular formula is C29H19Cl2F2N5O6. The number of anilines is 2. The van der Waals surface area contributed by atoms with Gasteiger partial charge in [0, 0.05) is 17.9 Å². The van der Waals surface area contributed by atoms with Gasteiger partial charge in [-0.15, -0.1) is 0 Å². The zero-order chi connectivity index (χ0) is 31.3. The number of benzene rings is 3. The van der Waals surface area contributed by atoms with Gasteiger partial charge in [0.2, 0.25) is 11.8 Å². The molecule has 0 saturated carbocycles. The molecule has 44 heavy (non-hydrogen) atoms. The molecule has 0 bridgehead atoms. The van der Waals surface area contributed by atoms with Crippen LogP contribution in [-0.2, 0) is 16.2 Å². The molecule has 1 unspecified atom stereocenters. The summed E-state index contributed by atoms with van der Waals surface area (Å²) in [6.07, 6.45) is 1.14. The molecule has 0 radical (unpaired) electrons. The standard InChI is InChI=1S/C29H19Cl2F2N5O6/c1-43-20-9-18-13(26(35-11-34-18)36-17-3-2-15(30)24(31)25(17)33)8-21(20)44-10-12-6-14-23(16(32)7-12)29(42)38(28(14)41)19-4-5-22(39)37-27(19)40/h2-3,6-9,11,19H,4-5,10H2,1H3,(H,34,35,36)(H,37,39,40). The van der Waals surface area contributed by atoms with E-state index < -0.39 is 46.9 Å².